The van der Waals surface area contributed by atoms with Gasteiger partial charge >= 0.3 is 0 Å². The summed E-state index contributed by atoms with van der Waals surface area (Å²) in [5.74, 6) is -0.634. The van der Waals surface area contributed by atoms with Crippen molar-refractivity contribution in [3.8, 4) is 18.2 Å². The average Bonchev–Trinajstić information content (AvgIpc) is 3.78. The SMILES string of the molecule is [2H]C(Nc1cc(F)c2ncc(C#N)c(N[C@@H](CCC#N)c3ccccc3)c2c1)(C1=CN(C2CC2)NN1)c1cccc(C#N)c1. The van der Waals surface area contributed by atoms with Crippen molar-refractivity contribution in [1.82, 2.24) is 21.0 Å². The highest BCUT2D eigenvalue weighted by Crippen LogP contribution is 2.36. The molecular weight excluding hydrogens is 541 g/mol. The molecule has 1 aromatic heterocycles. The second kappa shape index (κ2) is 12.1. The number of aromatic nitrogens is 1. The molecule has 2 aliphatic rings. The van der Waals surface area contributed by atoms with Crippen LogP contribution >= 0.6 is 0 Å². The lowest BCUT2D eigenvalue weighted by atomic mass is 9.99. The number of rotatable bonds is 10. The van der Waals surface area contributed by atoms with Gasteiger partial charge in [0, 0.05) is 35.9 Å². The predicted octanol–water partition coefficient (Wildman–Crippen LogP) is 6.06. The Morgan fingerprint density at radius 2 is 1.84 bits per heavy atom. The van der Waals surface area contributed by atoms with E-state index in [4.69, 9.17) is 0 Å². The van der Waals surface area contributed by atoms with Crippen LogP contribution in [0.2, 0.25) is 0 Å². The molecule has 1 aliphatic carbocycles. The molecule has 6 rings (SSSR count). The Morgan fingerprint density at radius 3 is 2.58 bits per heavy atom. The molecule has 0 radical (unpaired) electrons. The second-order valence-corrected chi connectivity index (χ2v) is 10.4. The molecular formula is C33H28FN9. The van der Waals surface area contributed by atoms with Crippen molar-refractivity contribution in [3.63, 3.8) is 0 Å². The van der Waals surface area contributed by atoms with Gasteiger partial charge in [-0.05, 0) is 54.7 Å². The highest BCUT2D eigenvalue weighted by molar-refractivity contribution is 5.96. The quantitative estimate of drug-likeness (QED) is 0.179. The molecule has 0 bridgehead atoms. The second-order valence-electron chi connectivity index (χ2n) is 10.4. The number of anilines is 2. The van der Waals surface area contributed by atoms with Crippen LogP contribution in [0.3, 0.4) is 0 Å². The van der Waals surface area contributed by atoms with Crippen LogP contribution in [0.5, 0.6) is 0 Å². The van der Waals surface area contributed by atoms with E-state index in [1.54, 1.807) is 30.3 Å². The number of nitriles is 3. The fourth-order valence-corrected chi connectivity index (χ4v) is 5.15. The lowest BCUT2D eigenvalue weighted by Crippen LogP contribution is -2.38. The van der Waals surface area contributed by atoms with E-state index in [0.29, 0.717) is 40.4 Å². The maximum atomic E-state index is 15.8. The molecule has 212 valence electrons. The number of nitrogens with zero attached hydrogens (tertiary/aromatic N) is 5. The predicted molar refractivity (Wildman–Crippen MR) is 161 cm³/mol. The van der Waals surface area contributed by atoms with E-state index < -0.39 is 11.8 Å². The molecule has 1 unspecified atom stereocenters. The van der Waals surface area contributed by atoms with Gasteiger partial charge in [0.15, 0.2) is 5.82 Å². The van der Waals surface area contributed by atoms with E-state index in [0.717, 1.165) is 18.4 Å². The van der Waals surface area contributed by atoms with E-state index in [-0.39, 0.29) is 29.2 Å². The zero-order chi connectivity index (χ0) is 30.7. The van der Waals surface area contributed by atoms with Gasteiger partial charge in [-0.25, -0.2) is 4.39 Å². The van der Waals surface area contributed by atoms with Crippen molar-refractivity contribution < 1.29 is 5.76 Å². The monoisotopic (exact) mass is 570 g/mol. The first-order valence-corrected chi connectivity index (χ1v) is 14.0. The molecule has 43 heavy (non-hydrogen) atoms. The van der Waals surface area contributed by atoms with Crippen LogP contribution < -0.4 is 21.6 Å². The van der Waals surface area contributed by atoms with Crippen molar-refractivity contribution >= 4 is 22.3 Å². The van der Waals surface area contributed by atoms with Crippen LogP contribution in [0.15, 0.2) is 84.8 Å². The fraction of sp³-hybridized carbons (Fsp3) is 0.212. The Morgan fingerprint density at radius 1 is 1.02 bits per heavy atom. The van der Waals surface area contributed by atoms with Gasteiger partial charge in [0.25, 0.3) is 0 Å². The van der Waals surface area contributed by atoms with Crippen LogP contribution in [0.1, 0.15) is 61.4 Å². The Bertz CT molecular complexity index is 1870. The van der Waals surface area contributed by atoms with E-state index in [1.807, 2.05) is 41.5 Å². The first-order valence-electron chi connectivity index (χ1n) is 14.5. The summed E-state index contributed by atoms with van der Waals surface area (Å²) in [5, 5.41) is 37.7. The topological polar surface area (TPSA) is 136 Å². The number of hydrogen-bond acceptors (Lipinski definition) is 9. The van der Waals surface area contributed by atoms with Gasteiger partial charge < -0.3 is 16.1 Å². The molecule has 0 spiro atoms. The van der Waals surface area contributed by atoms with Crippen LogP contribution in [0.4, 0.5) is 15.8 Å². The Kier molecular flexibility index (Phi) is 7.38. The van der Waals surface area contributed by atoms with Crippen LogP contribution in [-0.4, -0.2) is 16.0 Å². The number of benzene rings is 3. The van der Waals surface area contributed by atoms with Crippen molar-refractivity contribution in [2.24, 2.45) is 0 Å². The van der Waals surface area contributed by atoms with Crippen molar-refractivity contribution in [3.05, 3.63) is 113 Å². The highest BCUT2D eigenvalue weighted by atomic mass is 19.1. The Balaban J connectivity index is 1.45. The molecule has 4 aromatic rings. The third-order valence-corrected chi connectivity index (χ3v) is 7.46. The van der Waals surface area contributed by atoms with Crippen molar-refractivity contribution in [1.29, 1.82) is 15.8 Å². The van der Waals surface area contributed by atoms with Gasteiger partial charge in [-0.1, -0.05) is 42.5 Å². The molecule has 9 nitrogen and oxygen atoms in total. The van der Waals surface area contributed by atoms with E-state index in [2.05, 4.69) is 44.8 Å². The largest absolute Gasteiger partial charge is 0.377 e. The lowest BCUT2D eigenvalue weighted by Gasteiger charge is -2.24. The zero-order valence-electron chi connectivity index (χ0n) is 24.1. The standard InChI is InChI=1S/C33H28FN9/c34-28-16-25(39-32(23-9-4-6-21(14-23)17-36)30-20-43(42-41-30)26-11-12-26)15-27-31(24(18-37)19-38-33(27)28)40-29(10-5-13-35)22-7-2-1-3-8-22/h1-4,6-9,14-16,19-20,26,29,32,39,41-42H,5,10-12H2,(H,38,40)/t29-,32?/m0/s1/i32D. The molecule has 4 N–H and O–H groups in total. The van der Waals surface area contributed by atoms with Crippen LogP contribution in [0.25, 0.3) is 10.9 Å². The molecule has 3 aromatic carbocycles. The fourth-order valence-electron chi connectivity index (χ4n) is 5.15. The van der Waals surface area contributed by atoms with Gasteiger partial charge in [-0.3, -0.25) is 9.99 Å². The van der Waals surface area contributed by atoms with Crippen molar-refractivity contribution in [2.75, 3.05) is 10.6 Å². The van der Waals surface area contributed by atoms with Crippen molar-refractivity contribution in [2.45, 2.75) is 43.8 Å². The summed E-state index contributed by atoms with van der Waals surface area (Å²) in [6.07, 6.45) is 5.94. The molecule has 0 saturated heterocycles. The Hall–Kier alpha value is -5.63. The number of fused-ring (bicyclic) bond motifs is 1. The zero-order valence-corrected chi connectivity index (χ0v) is 23.1. The number of nitrogens with one attached hydrogen (secondary N) is 4. The van der Waals surface area contributed by atoms with Gasteiger partial charge in [0.1, 0.15) is 11.6 Å². The highest BCUT2D eigenvalue weighted by Gasteiger charge is 2.32. The Labute approximate surface area is 250 Å². The van der Waals surface area contributed by atoms with Gasteiger partial charge in [-0.15, -0.1) is 5.53 Å². The summed E-state index contributed by atoms with van der Waals surface area (Å²) in [4.78, 5) is 4.25. The third-order valence-electron chi connectivity index (χ3n) is 7.46. The minimum absolute atomic E-state index is 0.0611. The first-order chi connectivity index (χ1) is 21.4. The minimum Gasteiger partial charge on any atom is -0.377 e. The normalized spacial score (nSPS) is 16.5. The number of hydrogen-bond donors (Lipinski definition) is 4. The maximum absolute atomic E-state index is 15.8. The lowest BCUT2D eigenvalue weighted by molar-refractivity contribution is 0.260. The molecule has 1 saturated carbocycles. The molecule has 0 amide bonds. The van der Waals surface area contributed by atoms with Gasteiger partial charge in [0.05, 0.1) is 48.1 Å². The summed E-state index contributed by atoms with van der Waals surface area (Å²) < 4.78 is 25.4. The maximum Gasteiger partial charge on any atom is 0.151 e. The molecule has 2 heterocycles. The van der Waals surface area contributed by atoms with E-state index in [9.17, 15) is 17.2 Å². The number of halogens is 1. The van der Waals surface area contributed by atoms with E-state index in [1.165, 1.54) is 12.3 Å². The summed E-state index contributed by atoms with van der Waals surface area (Å²) >= 11 is 0. The van der Waals surface area contributed by atoms with Gasteiger partial charge in [-0.2, -0.15) is 15.8 Å². The minimum atomic E-state index is -1.66. The smallest absolute Gasteiger partial charge is 0.151 e. The summed E-state index contributed by atoms with van der Waals surface area (Å²) in [7, 11) is 0. The molecule has 1 fully saturated rings. The molecule has 10 heteroatoms. The molecule has 1 aliphatic heterocycles. The van der Waals surface area contributed by atoms with Crippen LogP contribution in [-0.2, 0) is 0 Å². The average molecular weight is 571 g/mol. The van der Waals surface area contributed by atoms with Crippen LogP contribution in [0, 0.1) is 39.8 Å². The number of hydrazine groups is 2. The third kappa shape index (κ3) is 5.90. The summed E-state index contributed by atoms with van der Waals surface area (Å²) in [5.41, 5.74) is 9.34. The van der Waals surface area contributed by atoms with E-state index >= 15 is 4.39 Å². The summed E-state index contributed by atoms with van der Waals surface area (Å²) in [6.45, 7) is 0. The first kappa shape index (κ1) is 26.3. The number of pyridine rings is 1. The van der Waals surface area contributed by atoms with Gasteiger partial charge in [0.2, 0.25) is 0 Å². The summed E-state index contributed by atoms with van der Waals surface area (Å²) in [6, 6.07) is 24.0. The molecule has 2 atom stereocenters.